The lowest BCUT2D eigenvalue weighted by molar-refractivity contribution is 0.623. The predicted molar refractivity (Wildman–Crippen MR) is 66.2 cm³/mol. The highest BCUT2D eigenvalue weighted by molar-refractivity contribution is 9.10. The first kappa shape index (κ1) is 11.5. The first-order chi connectivity index (χ1) is 7.75. The maximum Gasteiger partial charge on any atom is 0.166 e. The van der Waals surface area contributed by atoms with Gasteiger partial charge >= 0.3 is 0 Å². The fourth-order valence-electron chi connectivity index (χ4n) is 1.21. The van der Waals surface area contributed by atoms with Gasteiger partial charge in [-0.1, -0.05) is 0 Å². The molecule has 0 aliphatic rings. The summed E-state index contributed by atoms with van der Waals surface area (Å²) in [5.41, 5.74) is 0. The zero-order valence-corrected chi connectivity index (χ0v) is 10.7. The Morgan fingerprint density at radius 1 is 1.44 bits per heavy atom. The van der Waals surface area contributed by atoms with E-state index in [-0.39, 0.29) is 11.6 Å². The molecule has 0 aliphatic heterocycles. The molecule has 2 rings (SSSR count). The van der Waals surface area contributed by atoms with Gasteiger partial charge < -0.3 is 5.32 Å². The van der Waals surface area contributed by atoms with Gasteiger partial charge in [-0.2, -0.15) is 0 Å². The van der Waals surface area contributed by atoms with Crippen LogP contribution >= 0.6 is 27.3 Å². The van der Waals surface area contributed by atoms with Crippen molar-refractivity contribution in [2.24, 2.45) is 0 Å². The molecule has 84 valence electrons. The summed E-state index contributed by atoms with van der Waals surface area (Å²) in [6.45, 7) is 0.624. The van der Waals surface area contributed by atoms with Crippen LogP contribution < -0.4 is 5.32 Å². The lowest BCUT2D eigenvalue weighted by atomic mass is 10.4. The molecular formula is C10H9BrFN3S. The molecule has 0 spiro atoms. The van der Waals surface area contributed by atoms with Gasteiger partial charge in [0.25, 0.3) is 0 Å². The highest BCUT2D eigenvalue weighted by atomic mass is 79.9. The number of aromatic nitrogens is 2. The normalized spacial score (nSPS) is 10.4. The van der Waals surface area contributed by atoms with Crippen molar-refractivity contribution in [1.82, 2.24) is 9.97 Å². The third-order valence-corrected chi connectivity index (χ3v) is 3.20. The van der Waals surface area contributed by atoms with Crippen LogP contribution in [0.1, 0.15) is 5.01 Å². The van der Waals surface area contributed by atoms with E-state index < -0.39 is 0 Å². The Hall–Kier alpha value is -1.01. The van der Waals surface area contributed by atoms with E-state index >= 15 is 0 Å². The van der Waals surface area contributed by atoms with Crippen molar-refractivity contribution in [3.63, 3.8) is 0 Å². The van der Waals surface area contributed by atoms with Gasteiger partial charge in [-0.25, -0.2) is 14.4 Å². The van der Waals surface area contributed by atoms with Gasteiger partial charge in [0.15, 0.2) is 11.6 Å². The van der Waals surface area contributed by atoms with E-state index in [0.29, 0.717) is 11.0 Å². The lowest BCUT2D eigenvalue weighted by Crippen LogP contribution is -2.07. The van der Waals surface area contributed by atoms with Crippen LogP contribution in [0.4, 0.5) is 10.2 Å². The molecule has 2 aromatic rings. The van der Waals surface area contributed by atoms with Gasteiger partial charge in [-0.15, -0.1) is 11.3 Å². The van der Waals surface area contributed by atoms with E-state index in [9.17, 15) is 4.39 Å². The Balaban J connectivity index is 1.90. The number of thiazole rings is 1. The smallest absolute Gasteiger partial charge is 0.166 e. The molecule has 0 amide bonds. The Morgan fingerprint density at radius 3 is 3.00 bits per heavy atom. The molecule has 1 N–H and O–H groups in total. The van der Waals surface area contributed by atoms with Crippen LogP contribution in [0.25, 0.3) is 0 Å². The van der Waals surface area contributed by atoms with Crippen LogP contribution in [0.2, 0.25) is 0 Å². The molecule has 6 heteroatoms. The quantitative estimate of drug-likeness (QED) is 0.943. The molecule has 0 saturated heterocycles. The van der Waals surface area contributed by atoms with Crippen LogP contribution in [0.5, 0.6) is 0 Å². The first-order valence-electron chi connectivity index (χ1n) is 4.69. The second-order valence-electron chi connectivity index (χ2n) is 3.09. The topological polar surface area (TPSA) is 37.8 Å². The number of pyridine rings is 1. The predicted octanol–water partition coefficient (Wildman–Crippen LogP) is 3.09. The van der Waals surface area contributed by atoms with Crippen LogP contribution in [0, 0.1) is 5.82 Å². The van der Waals surface area contributed by atoms with E-state index in [1.54, 1.807) is 23.7 Å². The summed E-state index contributed by atoms with van der Waals surface area (Å²) in [5, 5.41) is 5.89. The number of anilines is 1. The van der Waals surface area contributed by atoms with Crippen LogP contribution in [-0.2, 0) is 6.42 Å². The maximum absolute atomic E-state index is 13.3. The monoisotopic (exact) mass is 301 g/mol. The van der Waals surface area contributed by atoms with Crippen LogP contribution in [0.15, 0.2) is 28.3 Å². The third-order valence-electron chi connectivity index (χ3n) is 1.92. The average molecular weight is 302 g/mol. The van der Waals surface area contributed by atoms with Crippen molar-refractivity contribution in [3.05, 3.63) is 39.1 Å². The highest BCUT2D eigenvalue weighted by Gasteiger charge is 2.03. The summed E-state index contributed by atoms with van der Waals surface area (Å²) in [5.74, 6) is -0.0757. The van der Waals surface area contributed by atoms with Gasteiger partial charge in [0, 0.05) is 35.2 Å². The number of hydrogen-bond acceptors (Lipinski definition) is 4. The molecule has 3 nitrogen and oxygen atoms in total. The van der Waals surface area contributed by atoms with Crippen molar-refractivity contribution in [2.75, 3.05) is 11.9 Å². The summed E-state index contributed by atoms with van der Waals surface area (Å²) in [7, 11) is 0. The molecule has 2 aromatic heterocycles. The minimum atomic E-state index is -0.353. The van der Waals surface area contributed by atoms with E-state index in [1.807, 2.05) is 5.38 Å². The largest absolute Gasteiger partial charge is 0.367 e. The molecule has 0 atom stereocenters. The van der Waals surface area contributed by atoms with Crippen molar-refractivity contribution in [1.29, 1.82) is 0 Å². The fraction of sp³-hybridized carbons (Fsp3) is 0.200. The van der Waals surface area contributed by atoms with E-state index in [2.05, 4.69) is 31.2 Å². The van der Waals surface area contributed by atoms with Crippen LogP contribution in [0.3, 0.4) is 0 Å². The molecule has 0 aromatic carbocycles. The summed E-state index contributed by atoms with van der Waals surface area (Å²) in [6, 6.07) is 1.39. The van der Waals surface area contributed by atoms with E-state index in [0.717, 1.165) is 11.4 Å². The zero-order chi connectivity index (χ0) is 11.4. The summed E-state index contributed by atoms with van der Waals surface area (Å²) >= 11 is 4.75. The minimum absolute atomic E-state index is 0.278. The maximum atomic E-state index is 13.3. The molecule has 2 heterocycles. The Kier molecular flexibility index (Phi) is 3.84. The number of hydrogen-bond donors (Lipinski definition) is 1. The zero-order valence-electron chi connectivity index (χ0n) is 8.28. The lowest BCUT2D eigenvalue weighted by Gasteiger charge is -2.05. The molecule has 16 heavy (non-hydrogen) atoms. The van der Waals surface area contributed by atoms with Crippen molar-refractivity contribution >= 4 is 33.1 Å². The van der Waals surface area contributed by atoms with Crippen molar-refractivity contribution in [2.45, 2.75) is 6.42 Å². The third kappa shape index (κ3) is 2.99. The van der Waals surface area contributed by atoms with Gasteiger partial charge in [-0.05, 0) is 22.0 Å². The van der Waals surface area contributed by atoms with E-state index in [4.69, 9.17) is 0 Å². The minimum Gasteiger partial charge on any atom is -0.367 e. The molecular weight excluding hydrogens is 293 g/mol. The molecule has 0 radical (unpaired) electrons. The van der Waals surface area contributed by atoms with Gasteiger partial charge in [0.2, 0.25) is 0 Å². The Labute approximate surface area is 105 Å². The molecule has 0 fully saturated rings. The van der Waals surface area contributed by atoms with Gasteiger partial charge in [0.1, 0.15) is 0 Å². The Morgan fingerprint density at radius 2 is 2.31 bits per heavy atom. The number of nitrogens with one attached hydrogen (secondary N) is 1. The second kappa shape index (κ2) is 5.36. The fourth-order valence-corrected chi connectivity index (χ4v) is 2.13. The highest BCUT2D eigenvalue weighted by Crippen LogP contribution is 2.16. The molecule has 0 aliphatic carbocycles. The van der Waals surface area contributed by atoms with Crippen molar-refractivity contribution < 1.29 is 4.39 Å². The average Bonchev–Trinajstić information content (AvgIpc) is 2.74. The summed E-state index contributed by atoms with van der Waals surface area (Å²) in [4.78, 5) is 8.09. The summed E-state index contributed by atoms with van der Waals surface area (Å²) < 4.78 is 14.0. The Bertz CT molecular complexity index is 461. The second-order valence-corrected chi connectivity index (χ2v) is 4.98. The molecule has 0 bridgehead atoms. The van der Waals surface area contributed by atoms with Gasteiger partial charge in [0.05, 0.1) is 5.01 Å². The number of nitrogens with zero attached hydrogens (tertiary/aromatic N) is 2. The number of rotatable bonds is 4. The SMILES string of the molecule is Fc1cc(Br)cnc1NCCc1nccs1. The van der Waals surface area contributed by atoms with Crippen LogP contribution in [-0.4, -0.2) is 16.5 Å². The van der Waals surface area contributed by atoms with Crippen molar-refractivity contribution in [3.8, 4) is 0 Å². The first-order valence-corrected chi connectivity index (χ1v) is 6.36. The van der Waals surface area contributed by atoms with E-state index in [1.165, 1.54) is 6.07 Å². The standard InChI is InChI=1S/C10H9BrFN3S/c11-7-5-8(12)10(15-6-7)14-2-1-9-13-3-4-16-9/h3-6H,1-2H2,(H,14,15). The molecule has 0 unspecified atom stereocenters. The molecule has 0 saturated carbocycles. The summed E-state index contributed by atoms with van der Waals surface area (Å²) in [6.07, 6.45) is 4.10. The number of halogens is 2. The van der Waals surface area contributed by atoms with Gasteiger partial charge in [-0.3, -0.25) is 0 Å².